The second kappa shape index (κ2) is 10.8. The molecule has 4 rings (SSSR count). The lowest BCUT2D eigenvalue weighted by atomic mass is 9.85. The number of fused-ring (bicyclic) bond motifs is 1. The Kier molecular flexibility index (Phi) is 7.82. The van der Waals surface area contributed by atoms with Gasteiger partial charge in [-0.05, 0) is 72.9 Å². The number of thioether (sulfide) groups is 1. The van der Waals surface area contributed by atoms with Gasteiger partial charge in [-0.3, -0.25) is 9.69 Å². The number of rotatable bonds is 9. The third kappa shape index (κ3) is 5.47. The first-order valence-corrected chi connectivity index (χ1v) is 13.3. The van der Waals surface area contributed by atoms with E-state index < -0.39 is 0 Å². The van der Waals surface area contributed by atoms with Crippen LogP contribution in [0.5, 0.6) is 5.75 Å². The second-order valence-electron chi connectivity index (χ2n) is 9.24. The van der Waals surface area contributed by atoms with E-state index in [1.807, 2.05) is 0 Å². The van der Waals surface area contributed by atoms with Crippen LogP contribution in [0.15, 0.2) is 46.9 Å². The lowest BCUT2D eigenvalue weighted by Crippen LogP contribution is -2.53. The number of carbonyl (C=O) groups is 1. The third-order valence-electron chi connectivity index (χ3n) is 6.98. The van der Waals surface area contributed by atoms with Crippen LogP contribution in [-0.4, -0.2) is 43.7 Å². The molecule has 1 N–H and O–H groups in total. The summed E-state index contributed by atoms with van der Waals surface area (Å²) in [5.74, 6) is 1.27. The van der Waals surface area contributed by atoms with Crippen LogP contribution in [0.3, 0.4) is 0 Å². The summed E-state index contributed by atoms with van der Waals surface area (Å²) in [5, 5.41) is 2.76. The highest BCUT2D eigenvalue weighted by atomic mass is 32.2. The van der Waals surface area contributed by atoms with Gasteiger partial charge in [0.25, 0.3) is 0 Å². The zero-order chi connectivity index (χ0) is 23.4. The molecule has 0 unspecified atom stereocenters. The number of aryl methyl sites for hydroxylation is 2. The Morgan fingerprint density at radius 3 is 2.73 bits per heavy atom. The molecule has 4 nitrogen and oxygen atoms in total. The number of benzene rings is 2. The maximum Gasteiger partial charge on any atom is 0.225 e. The van der Waals surface area contributed by atoms with Gasteiger partial charge < -0.3 is 10.1 Å². The number of allylic oxidation sites excluding steroid dienone is 1. The highest BCUT2D eigenvalue weighted by molar-refractivity contribution is 7.98. The first-order valence-electron chi connectivity index (χ1n) is 12.1. The largest absolute Gasteiger partial charge is 0.489 e. The molecular formula is C28H36N2O2S. The molecule has 2 aliphatic rings. The molecule has 33 heavy (non-hydrogen) atoms. The number of amides is 1. The van der Waals surface area contributed by atoms with Crippen molar-refractivity contribution >= 4 is 23.2 Å². The van der Waals surface area contributed by atoms with Gasteiger partial charge in [0, 0.05) is 37.1 Å². The standard InChI is InChI=1S/C28H36N2O2S/c1-5-6-20-7-8-23(27(13-20)33-4)18-32-25-11-12-26-19(2)22(10-9-21(26)14-25)15-30-16-24(17-30)28(31)29-3/h7-8,11-14,24H,5-6,9-10,15-18H2,1-4H3,(H,29,31). The maximum absolute atomic E-state index is 11.7. The van der Waals surface area contributed by atoms with E-state index in [1.165, 1.54) is 44.7 Å². The summed E-state index contributed by atoms with van der Waals surface area (Å²) in [6.07, 6.45) is 6.56. The Morgan fingerprint density at radius 2 is 2.00 bits per heavy atom. The number of nitrogens with zero attached hydrogens (tertiary/aromatic N) is 1. The Balaban J connectivity index is 1.39. The fraction of sp³-hybridized carbons (Fsp3) is 0.464. The van der Waals surface area contributed by atoms with Crippen LogP contribution < -0.4 is 10.1 Å². The predicted molar refractivity (Wildman–Crippen MR) is 138 cm³/mol. The topological polar surface area (TPSA) is 41.6 Å². The zero-order valence-corrected chi connectivity index (χ0v) is 21.2. The van der Waals surface area contributed by atoms with E-state index in [0.717, 1.165) is 44.6 Å². The van der Waals surface area contributed by atoms with Gasteiger partial charge >= 0.3 is 0 Å². The molecule has 5 heteroatoms. The van der Waals surface area contributed by atoms with Gasteiger partial charge in [-0.2, -0.15) is 0 Å². The van der Waals surface area contributed by atoms with Crippen molar-refractivity contribution in [3.63, 3.8) is 0 Å². The van der Waals surface area contributed by atoms with Crippen LogP contribution in [0.25, 0.3) is 5.57 Å². The molecule has 1 saturated heterocycles. The average Bonchev–Trinajstić information content (AvgIpc) is 2.81. The van der Waals surface area contributed by atoms with Crippen molar-refractivity contribution in [1.29, 1.82) is 0 Å². The van der Waals surface area contributed by atoms with Crippen LogP contribution in [0, 0.1) is 5.92 Å². The monoisotopic (exact) mass is 464 g/mol. The summed E-state index contributed by atoms with van der Waals surface area (Å²) in [6, 6.07) is 13.3. The van der Waals surface area contributed by atoms with Gasteiger partial charge in [0.2, 0.25) is 5.91 Å². The van der Waals surface area contributed by atoms with E-state index in [1.54, 1.807) is 18.8 Å². The molecule has 1 heterocycles. The highest BCUT2D eigenvalue weighted by Crippen LogP contribution is 2.35. The predicted octanol–water partition coefficient (Wildman–Crippen LogP) is 5.34. The minimum atomic E-state index is 0.154. The summed E-state index contributed by atoms with van der Waals surface area (Å²) in [5.41, 5.74) is 8.28. The molecule has 0 bridgehead atoms. The number of nitrogens with one attached hydrogen (secondary N) is 1. The Labute approximate surface area is 202 Å². The molecule has 1 aliphatic heterocycles. The summed E-state index contributed by atoms with van der Waals surface area (Å²) in [6.45, 7) is 7.78. The summed E-state index contributed by atoms with van der Waals surface area (Å²) in [7, 11) is 1.72. The average molecular weight is 465 g/mol. The molecule has 0 atom stereocenters. The second-order valence-corrected chi connectivity index (χ2v) is 10.1. The van der Waals surface area contributed by atoms with Gasteiger partial charge in [-0.1, -0.05) is 37.1 Å². The van der Waals surface area contributed by atoms with E-state index in [9.17, 15) is 4.79 Å². The van der Waals surface area contributed by atoms with Crippen LogP contribution >= 0.6 is 11.8 Å². The molecular weight excluding hydrogens is 428 g/mol. The molecule has 0 spiro atoms. The Morgan fingerprint density at radius 1 is 1.18 bits per heavy atom. The van der Waals surface area contributed by atoms with Crippen molar-refractivity contribution in [3.8, 4) is 5.75 Å². The molecule has 1 fully saturated rings. The highest BCUT2D eigenvalue weighted by Gasteiger charge is 2.32. The summed E-state index contributed by atoms with van der Waals surface area (Å²) < 4.78 is 6.22. The van der Waals surface area contributed by atoms with Gasteiger partial charge in [0.15, 0.2) is 0 Å². The maximum atomic E-state index is 11.7. The molecule has 1 amide bonds. The lowest BCUT2D eigenvalue weighted by Gasteiger charge is -2.39. The summed E-state index contributed by atoms with van der Waals surface area (Å²) in [4.78, 5) is 15.4. The van der Waals surface area contributed by atoms with Crippen molar-refractivity contribution in [2.24, 2.45) is 5.92 Å². The van der Waals surface area contributed by atoms with Crippen molar-refractivity contribution < 1.29 is 9.53 Å². The van der Waals surface area contributed by atoms with Gasteiger partial charge in [-0.25, -0.2) is 0 Å². The SMILES string of the molecule is CCCc1ccc(COc2ccc3c(c2)CCC(CN2CC(C(=O)NC)C2)=C3C)c(SC)c1. The fourth-order valence-corrected chi connectivity index (χ4v) is 5.60. The molecule has 2 aromatic carbocycles. The minimum absolute atomic E-state index is 0.154. The van der Waals surface area contributed by atoms with Crippen LogP contribution in [0.4, 0.5) is 0 Å². The van der Waals surface area contributed by atoms with Gasteiger partial charge in [0.05, 0.1) is 5.92 Å². The smallest absolute Gasteiger partial charge is 0.225 e. The first kappa shape index (κ1) is 23.9. The van der Waals surface area contributed by atoms with Gasteiger partial charge in [0.1, 0.15) is 12.4 Å². The first-order chi connectivity index (χ1) is 16.0. The van der Waals surface area contributed by atoms with E-state index >= 15 is 0 Å². The van der Waals surface area contributed by atoms with E-state index in [2.05, 4.69) is 66.7 Å². The normalized spacial score (nSPS) is 16.4. The molecule has 176 valence electrons. The quantitative estimate of drug-likeness (QED) is 0.509. The van der Waals surface area contributed by atoms with E-state index in [-0.39, 0.29) is 11.8 Å². The van der Waals surface area contributed by atoms with Crippen molar-refractivity contribution in [2.45, 2.75) is 51.0 Å². The minimum Gasteiger partial charge on any atom is -0.489 e. The van der Waals surface area contributed by atoms with Crippen molar-refractivity contribution in [2.75, 3.05) is 32.9 Å². The Bertz CT molecular complexity index is 1040. The number of ether oxygens (including phenoxy) is 1. The van der Waals surface area contributed by atoms with Crippen LogP contribution in [0.1, 0.15) is 48.9 Å². The number of likely N-dealkylation sites (tertiary alicyclic amines) is 1. The number of hydrogen-bond donors (Lipinski definition) is 1. The van der Waals surface area contributed by atoms with Crippen LogP contribution in [0.2, 0.25) is 0 Å². The van der Waals surface area contributed by atoms with Crippen molar-refractivity contribution in [1.82, 2.24) is 10.2 Å². The number of hydrogen-bond acceptors (Lipinski definition) is 4. The van der Waals surface area contributed by atoms with Gasteiger partial charge in [-0.15, -0.1) is 11.8 Å². The van der Waals surface area contributed by atoms with Crippen LogP contribution in [-0.2, 0) is 24.2 Å². The molecule has 0 aromatic heterocycles. The molecule has 0 radical (unpaired) electrons. The summed E-state index contributed by atoms with van der Waals surface area (Å²) >= 11 is 1.80. The Hall–Kier alpha value is -2.24. The molecule has 1 aliphatic carbocycles. The van der Waals surface area contributed by atoms with Crippen molar-refractivity contribution in [3.05, 3.63) is 64.2 Å². The zero-order valence-electron chi connectivity index (χ0n) is 20.4. The lowest BCUT2D eigenvalue weighted by molar-refractivity contribution is -0.129. The molecule has 2 aromatic rings. The van der Waals surface area contributed by atoms with E-state index in [4.69, 9.17) is 4.74 Å². The number of carbonyl (C=O) groups excluding carboxylic acids is 1. The fourth-order valence-electron chi connectivity index (χ4n) is 4.95. The third-order valence-corrected chi connectivity index (χ3v) is 7.80. The molecule has 0 saturated carbocycles. The van der Waals surface area contributed by atoms with E-state index in [0.29, 0.717) is 6.61 Å².